The topological polar surface area (TPSA) is 62.5 Å². The predicted octanol–water partition coefficient (Wildman–Crippen LogP) is 1.22. The molecule has 0 spiro atoms. The van der Waals surface area contributed by atoms with Crippen LogP contribution in [0.25, 0.3) is 0 Å². The lowest BCUT2D eigenvalue weighted by molar-refractivity contribution is -0.136. The van der Waals surface area contributed by atoms with Crippen molar-refractivity contribution in [2.75, 3.05) is 6.54 Å². The number of halogens is 1. The molecular weight excluding hydrogens is 226 g/mol. The molecular formula is C7H8BrNO3. The zero-order valence-corrected chi connectivity index (χ0v) is 7.80. The van der Waals surface area contributed by atoms with Crippen LogP contribution in [0.5, 0.6) is 0 Å². The van der Waals surface area contributed by atoms with Crippen molar-refractivity contribution in [3.63, 3.8) is 0 Å². The molecule has 0 amide bonds. The fourth-order valence-electron chi connectivity index (χ4n) is 0.734. The zero-order valence-electron chi connectivity index (χ0n) is 6.21. The van der Waals surface area contributed by atoms with Gasteiger partial charge in [-0.2, -0.15) is 0 Å². The maximum Gasteiger partial charge on any atom is 0.317 e. The molecule has 0 bridgehead atoms. The van der Waals surface area contributed by atoms with Crippen LogP contribution in [0, 0.1) is 0 Å². The summed E-state index contributed by atoms with van der Waals surface area (Å²) in [6.45, 7) is 0.354. The van der Waals surface area contributed by atoms with Crippen molar-refractivity contribution in [1.29, 1.82) is 0 Å². The van der Waals surface area contributed by atoms with Crippen LogP contribution < -0.4 is 5.32 Å². The number of hydrogen-bond donors (Lipinski definition) is 2. The van der Waals surface area contributed by atoms with E-state index >= 15 is 0 Å². The molecule has 0 aliphatic heterocycles. The van der Waals surface area contributed by atoms with Crippen LogP contribution >= 0.6 is 15.9 Å². The van der Waals surface area contributed by atoms with Gasteiger partial charge in [0.05, 0.1) is 23.8 Å². The van der Waals surface area contributed by atoms with Crippen LogP contribution in [-0.4, -0.2) is 17.6 Å². The largest absolute Gasteiger partial charge is 0.480 e. The van der Waals surface area contributed by atoms with E-state index in [1.165, 1.54) is 0 Å². The summed E-state index contributed by atoms with van der Waals surface area (Å²) in [5.41, 5.74) is 0. The molecule has 4 nitrogen and oxygen atoms in total. The number of aliphatic carboxylic acids is 1. The molecule has 1 aromatic rings. The summed E-state index contributed by atoms with van der Waals surface area (Å²) in [5, 5.41) is 11.0. The number of nitrogens with one attached hydrogen (secondary N) is 1. The molecule has 0 aliphatic carbocycles. The van der Waals surface area contributed by atoms with E-state index in [4.69, 9.17) is 9.52 Å². The maximum atomic E-state index is 10.1. The number of carboxylic acids is 1. The van der Waals surface area contributed by atoms with E-state index in [0.717, 1.165) is 4.47 Å². The van der Waals surface area contributed by atoms with E-state index in [0.29, 0.717) is 12.3 Å². The number of furan rings is 1. The van der Waals surface area contributed by atoms with Crippen molar-refractivity contribution < 1.29 is 14.3 Å². The Morgan fingerprint density at radius 2 is 2.50 bits per heavy atom. The minimum Gasteiger partial charge on any atom is -0.480 e. The summed E-state index contributed by atoms with van der Waals surface area (Å²) in [6, 6.07) is 1.76. The Kier molecular flexibility index (Phi) is 3.31. The maximum absolute atomic E-state index is 10.1. The second-order valence-electron chi connectivity index (χ2n) is 2.19. The summed E-state index contributed by atoms with van der Waals surface area (Å²) in [5.74, 6) is -0.172. The molecule has 0 atom stereocenters. The first-order valence-corrected chi connectivity index (χ1v) is 4.14. The molecule has 0 fully saturated rings. The zero-order chi connectivity index (χ0) is 8.97. The summed E-state index contributed by atoms with van der Waals surface area (Å²) in [6.07, 6.45) is 1.54. The van der Waals surface area contributed by atoms with E-state index in [-0.39, 0.29) is 6.54 Å². The number of hydrogen-bond acceptors (Lipinski definition) is 3. The monoisotopic (exact) mass is 233 g/mol. The van der Waals surface area contributed by atoms with Crippen LogP contribution in [0.4, 0.5) is 0 Å². The van der Waals surface area contributed by atoms with Gasteiger partial charge >= 0.3 is 5.97 Å². The van der Waals surface area contributed by atoms with Crippen molar-refractivity contribution in [3.05, 3.63) is 22.6 Å². The second kappa shape index (κ2) is 4.27. The van der Waals surface area contributed by atoms with E-state index in [2.05, 4.69) is 21.2 Å². The van der Waals surface area contributed by atoms with Gasteiger partial charge in [0, 0.05) is 0 Å². The van der Waals surface area contributed by atoms with Crippen LogP contribution in [0.3, 0.4) is 0 Å². The van der Waals surface area contributed by atoms with Gasteiger partial charge in [-0.05, 0) is 22.0 Å². The minimum absolute atomic E-state index is 0.0624. The van der Waals surface area contributed by atoms with Crippen LogP contribution in [0.1, 0.15) is 5.76 Å². The van der Waals surface area contributed by atoms with Crippen LogP contribution in [0.15, 0.2) is 21.2 Å². The van der Waals surface area contributed by atoms with Crippen LogP contribution in [0.2, 0.25) is 0 Å². The van der Waals surface area contributed by atoms with Crippen molar-refractivity contribution in [2.45, 2.75) is 6.54 Å². The second-order valence-corrected chi connectivity index (χ2v) is 3.04. The molecule has 1 aromatic heterocycles. The number of carboxylic acid groups (broad SMARTS) is 1. The first-order chi connectivity index (χ1) is 5.70. The SMILES string of the molecule is O=C(O)CNCc1occc1Br. The predicted molar refractivity (Wildman–Crippen MR) is 45.8 cm³/mol. The Morgan fingerprint density at radius 1 is 1.75 bits per heavy atom. The quantitative estimate of drug-likeness (QED) is 0.821. The Balaban J connectivity index is 2.33. The summed E-state index contributed by atoms with van der Waals surface area (Å²) >= 11 is 3.25. The van der Waals surface area contributed by atoms with Gasteiger partial charge in [0.25, 0.3) is 0 Å². The van der Waals surface area contributed by atoms with Gasteiger partial charge in [-0.25, -0.2) is 0 Å². The third kappa shape index (κ3) is 2.67. The van der Waals surface area contributed by atoms with E-state index < -0.39 is 5.97 Å². The van der Waals surface area contributed by atoms with Gasteiger partial charge in [0.1, 0.15) is 5.76 Å². The fraction of sp³-hybridized carbons (Fsp3) is 0.286. The summed E-state index contributed by atoms with van der Waals surface area (Å²) in [4.78, 5) is 10.1. The first kappa shape index (κ1) is 9.28. The molecule has 5 heteroatoms. The van der Waals surface area contributed by atoms with E-state index in [1.807, 2.05) is 0 Å². The van der Waals surface area contributed by atoms with Gasteiger partial charge in [-0.3, -0.25) is 10.1 Å². The summed E-state index contributed by atoms with van der Waals surface area (Å²) in [7, 11) is 0. The molecule has 0 saturated carbocycles. The molecule has 1 rings (SSSR count). The summed E-state index contributed by atoms with van der Waals surface area (Å²) < 4.78 is 5.89. The lowest BCUT2D eigenvalue weighted by atomic mass is 10.4. The third-order valence-electron chi connectivity index (χ3n) is 1.25. The molecule has 0 saturated heterocycles. The van der Waals surface area contributed by atoms with Gasteiger partial charge in [0.2, 0.25) is 0 Å². The number of carbonyl (C=O) groups is 1. The normalized spacial score (nSPS) is 10.1. The van der Waals surface area contributed by atoms with E-state index in [9.17, 15) is 4.79 Å². The molecule has 0 unspecified atom stereocenters. The fourth-order valence-corrected chi connectivity index (χ4v) is 1.08. The average molecular weight is 234 g/mol. The van der Waals surface area contributed by atoms with Crippen molar-refractivity contribution in [2.24, 2.45) is 0 Å². The lowest BCUT2D eigenvalue weighted by Crippen LogP contribution is -2.21. The molecule has 1 heterocycles. The highest BCUT2D eigenvalue weighted by Gasteiger charge is 2.03. The molecule has 66 valence electrons. The third-order valence-corrected chi connectivity index (χ3v) is 1.96. The van der Waals surface area contributed by atoms with Crippen molar-refractivity contribution in [3.8, 4) is 0 Å². The Labute approximate surface area is 77.7 Å². The number of rotatable bonds is 4. The van der Waals surface area contributed by atoms with Gasteiger partial charge in [-0.1, -0.05) is 0 Å². The molecule has 0 aromatic carbocycles. The van der Waals surface area contributed by atoms with Crippen molar-refractivity contribution in [1.82, 2.24) is 5.32 Å². The Hall–Kier alpha value is -0.810. The van der Waals surface area contributed by atoms with Gasteiger partial charge in [-0.15, -0.1) is 0 Å². The van der Waals surface area contributed by atoms with Crippen LogP contribution in [-0.2, 0) is 11.3 Å². The highest BCUT2D eigenvalue weighted by Crippen LogP contribution is 2.16. The highest BCUT2D eigenvalue weighted by atomic mass is 79.9. The van der Waals surface area contributed by atoms with Gasteiger partial charge in [0.15, 0.2) is 0 Å². The highest BCUT2D eigenvalue weighted by molar-refractivity contribution is 9.10. The first-order valence-electron chi connectivity index (χ1n) is 3.34. The van der Waals surface area contributed by atoms with Crippen molar-refractivity contribution >= 4 is 21.9 Å². The molecule has 2 N–H and O–H groups in total. The minimum atomic E-state index is -0.877. The standard InChI is InChI=1S/C7H8BrNO3/c8-5-1-2-12-6(5)3-9-4-7(10)11/h1-2,9H,3-4H2,(H,10,11). The van der Waals surface area contributed by atoms with E-state index in [1.54, 1.807) is 12.3 Å². The molecule has 12 heavy (non-hydrogen) atoms. The van der Waals surface area contributed by atoms with Gasteiger partial charge < -0.3 is 9.52 Å². The molecule has 0 radical (unpaired) electrons. The Morgan fingerprint density at radius 3 is 3.00 bits per heavy atom. The lowest BCUT2D eigenvalue weighted by Gasteiger charge is -1.97. The average Bonchev–Trinajstić information content (AvgIpc) is 2.36. The smallest absolute Gasteiger partial charge is 0.317 e. The Bertz CT molecular complexity index is 271. The molecule has 0 aliphatic rings.